The topological polar surface area (TPSA) is 43.8 Å². The summed E-state index contributed by atoms with van der Waals surface area (Å²) in [6.07, 6.45) is 7.66. The maximum absolute atomic E-state index is 6.20. The lowest BCUT2D eigenvalue weighted by molar-refractivity contribution is 0.342. The van der Waals surface area contributed by atoms with Gasteiger partial charge in [0.05, 0.1) is 11.9 Å². The van der Waals surface area contributed by atoms with Gasteiger partial charge < -0.3 is 10.3 Å². The summed E-state index contributed by atoms with van der Waals surface area (Å²) in [5.41, 5.74) is 8.81. The number of nitrogens with two attached hydrogens (primary N) is 1. The van der Waals surface area contributed by atoms with Crippen molar-refractivity contribution in [3.8, 4) is 0 Å². The van der Waals surface area contributed by atoms with Gasteiger partial charge in [0.1, 0.15) is 5.82 Å². The van der Waals surface area contributed by atoms with E-state index in [9.17, 15) is 0 Å². The molecule has 2 aliphatic rings. The number of aromatic nitrogens is 2. The standard InChI is InChI=1S/C12H19N3/c1-8-10-6-3-7-11(13)15(10)12(14-8)9-4-2-5-9/h9,11H,2-7,13H2,1H3. The zero-order valence-electron chi connectivity index (χ0n) is 9.37. The molecule has 0 saturated heterocycles. The van der Waals surface area contributed by atoms with Crippen LogP contribution in [0.3, 0.4) is 0 Å². The Morgan fingerprint density at radius 2 is 2.07 bits per heavy atom. The van der Waals surface area contributed by atoms with Crippen LogP contribution in [-0.4, -0.2) is 9.55 Å². The maximum Gasteiger partial charge on any atom is 0.113 e. The molecule has 0 amide bonds. The van der Waals surface area contributed by atoms with E-state index >= 15 is 0 Å². The largest absolute Gasteiger partial charge is 0.316 e. The summed E-state index contributed by atoms with van der Waals surface area (Å²) < 4.78 is 2.34. The van der Waals surface area contributed by atoms with E-state index in [2.05, 4.69) is 11.5 Å². The van der Waals surface area contributed by atoms with E-state index in [1.165, 1.54) is 49.3 Å². The molecule has 0 aromatic carbocycles. The third-order valence-electron chi connectivity index (χ3n) is 3.95. The molecule has 2 N–H and O–H groups in total. The van der Waals surface area contributed by atoms with E-state index < -0.39 is 0 Å². The SMILES string of the molecule is Cc1nc(C2CCC2)n2c1CCCC2N. The first-order valence-electron chi connectivity index (χ1n) is 6.10. The predicted octanol–water partition coefficient (Wildman–Crippen LogP) is 2.25. The second kappa shape index (κ2) is 3.34. The molecular formula is C12H19N3. The molecule has 1 unspecified atom stereocenters. The molecule has 1 aromatic rings. The van der Waals surface area contributed by atoms with Gasteiger partial charge in [-0.1, -0.05) is 6.42 Å². The van der Waals surface area contributed by atoms with Crippen LogP contribution in [0.1, 0.15) is 61.4 Å². The summed E-state index contributed by atoms with van der Waals surface area (Å²) in [6, 6.07) is 0. The summed E-state index contributed by atoms with van der Waals surface area (Å²) >= 11 is 0. The highest BCUT2D eigenvalue weighted by Crippen LogP contribution is 2.39. The molecule has 1 aliphatic carbocycles. The third kappa shape index (κ3) is 1.33. The number of hydrogen-bond acceptors (Lipinski definition) is 2. The minimum absolute atomic E-state index is 0.186. The molecule has 1 aromatic heterocycles. The Morgan fingerprint density at radius 3 is 2.73 bits per heavy atom. The van der Waals surface area contributed by atoms with Crippen molar-refractivity contribution in [3.05, 3.63) is 17.2 Å². The number of rotatable bonds is 1. The molecule has 3 heteroatoms. The van der Waals surface area contributed by atoms with Gasteiger partial charge in [-0.25, -0.2) is 4.98 Å². The Kier molecular flexibility index (Phi) is 2.09. The molecule has 0 spiro atoms. The van der Waals surface area contributed by atoms with Gasteiger partial charge in [0.15, 0.2) is 0 Å². The lowest BCUT2D eigenvalue weighted by Gasteiger charge is -2.30. The second-order valence-corrected chi connectivity index (χ2v) is 4.96. The van der Waals surface area contributed by atoms with E-state index in [4.69, 9.17) is 10.7 Å². The van der Waals surface area contributed by atoms with Crippen LogP contribution in [0.5, 0.6) is 0 Å². The summed E-state index contributed by atoms with van der Waals surface area (Å²) in [5, 5.41) is 0. The van der Waals surface area contributed by atoms with Crippen molar-refractivity contribution in [2.75, 3.05) is 0 Å². The van der Waals surface area contributed by atoms with Crippen molar-refractivity contribution in [3.63, 3.8) is 0 Å². The van der Waals surface area contributed by atoms with Crippen molar-refractivity contribution >= 4 is 0 Å². The van der Waals surface area contributed by atoms with Gasteiger partial charge in [0.25, 0.3) is 0 Å². The number of fused-ring (bicyclic) bond motifs is 1. The Morgan fingerprint density at radius 1 is 1.27 bits per heavy atom. The van der Waals surface area contributed by atoms with E-state index in [0.29, 0.717) is 5.92 Å². The molecule has 2 heterocycles. The predicted molar refractivity (Wildman–Crippen MR) is 59.7 cm³/mol. The molecule has 3 nitrogen and oxygen atoms in total. The van der Waals surface area contributed by atoms with Gasteiger partial charge in [0.2, 0.25) is 0 Å². The Hall–Kier alpha value is -0.830. The van der Waals surface area contributed by atoms with Gasteiger partial charge in [-0.05, 0) is 39.0 Å². The Balaban J connectivity index is 2.06. The van der Waals surface area contributed by atoms with Crippen LogP contribution >= 0.6 is 0 Å². The molecule has 82 valence electrons. The summed E-state index contributed by atoms with van der Waals surface area (Å²) in [7, 11) is 0. The Bertz CT molecular complexity index is 376. The van der Waals surface area contributed by atoms with Crippen molar-refractivity contribution < 1.29 is 0 Å². The van der Waals surface area contributed by atoms with E-state index in [0.717, 1.165) is 6.42 Å². The first-order valence-corrected chi connectivity index (χ1v) is 6.10. The summed E-state index contributed by atoms with van der Waals surface area (Å²) in [4.78, 5) is 4.75. The van der Waals surface area contributed by atoms with Gasteiger partial charge in [-0.3, -0.25) is 0 Å². The number of nitrogens with zero attached hydrogens (tertiary/aromatic N) is 2. The zero-order chi connectivity index (χ0) is 10.4. The average molecular weight is 205 g/mol. The molecule has 0 bridgehead atoms. The van der Waals surface area contributed by atoms with Crippen molar-refractivity contribution in [1.82, 2.24) is 9.55 Å². The molecule has 3 rings (SSSR count). The van der Waals surface area contributed by atoms with E-state index in [-0.39, 0.29) is 6.17 Å². The maximum atomic E-state index is 6.20. The van der Waals surface area contributed by atoms with Crippen molar-refractivity contribution in [2.24, 2.45) is 5.73 Å². The van der Waals surface area contributed by atoms with Crippen LogP contribution in [0, 0.1) is 6.92 Å². The molecule has 1 fully saturated rings. The zero-order valence-corrected chi connectivity index (χ0v) is 9.37. The average Bonchev–Trinajstić information content (AvgIpc) is 2.43. The van der Waals surface area contributed by atoms with Gasteiger partial charge in [0, 0.05) is 11.6 Å². The molecule has 15 heavy (non-hydrogen) atoms. The fraction of sp³-hybridized carbons (Fsp3) is 0.750. The normalized spacial score (nSPS) is 26.1. The van der Waals surface area contributed by atoms with Crippen molar-refractivity contribution in [1.29, 1.82) is 0 Å². The van der Waals surface area contributed by atoms with Crippen LogP contribution < -0.4 is 5.73 Å². The third-order valence-corrected chi connectivity index (χ3v) is 3.95. The summed E-state index contributed by atoms with van der Waals surface area (Å²) in [5.74, 6) is 1.97. The fourth-order valence-electron chi connectivity index (χ4n) is 2.84. The van der Waals surface area contributed by atoms with Crippen LogP contribution in [0.15, 0.2) is 0 Å². The molecule has 1 saturated carbocycles. The molecule has 1 aliphatic heterocycles. The first kappa shape index (κ1) is 9.40. The van der Waals surface area contributed by atoms with Crippen LogP contribution in [0.2, 0.25) is 0 Å². The van der Waals surface area contributed by atoms with E-state index in [1.807, 2.05) is 0 Å². The van der Waals surface area contributed by atoms with Crippen LogP contribution in [0.4, 0.5) is 0 Å². The lowest BCUT2D eigenvalue weighted by Crippen LogP contribution is -2.28. The lowest BCUT2D eigenvalue weighted by atomic mass is 9.84. The minimum Gasteiger partial charge on any atom is -0.316 e. The molecular weight excluding hydrogens is 186 g/mol. The van der Waals surface area contributed by atoms with Crippen LogP contribution in [-0.2, 0) is 6.42 Å². The first-order chi connectivity index (χ1) is 7.27. The number of imidazole rings is 1. The highest BCUT2D eigenvalue weighted by atomic mass is 15.2. The summed E-state index contributed by atoms with van der Waals surface area (Å²) in [6.45, 7) is 2.13. The smallest absolute Gasteiger partial charge is 0.113 e. The molecule has 0 radical (unpaired) electrons. The quantitative estimate of drug-likeness (QED) is 0.764. The molecule has 1 atom stereocenters. The number of hydrogen-bond donors (Lipinski definition) is 1. The van der Waals surface area contributed by atoms with Gasteiger partial charge >= 0.3 is 0 Å². The van der Waals surface area contributed by atoms with Crippen molar-refractivity contribution in [2.45, 2.75) is 57.5 Å². The van der Waals surface area contributed by atoms with E-state index in [1.54, 1.807) is 0 Å². The van der Waals surface area contributed by atoms with Gasteiger partial charge in [-0.15, -0.1) is 0 Å². The highest BCUT2D eigenvalue weighted by Gasteiger charge is 2.30. The van der Waals surface area contributed by atoms with Crippen LogP contribution in [0.25, 0.3) is 0 Å². The monoisotopic (exact) mass is 205 g/mol. The highest BCUT2D eigenvalue weighted by molar-refractivity contribution is 5.22. The minimum atomic E-state index is 0.186. The number of aryl methyl sites for hydroxylation is 1. The van der Waals surface area contributed by atoms with Gasteiger partial charge in [-0.2, -0.15) is 0 Å². The Labute approximate surface area is 90.7 Å². The fourth-order valence-corrected chi connectivity index (χ4v) is 2.84. The second-order valence-electron chi connectivity index (χ2n) is 4.96.